The number of unbranched alkanes of at least 4 members (excludes halogenated alkanes) is 8. The summed E-state index contributed by atoms with van der Waals surface area (Å²) >= 11 is 9.09. The molecule has 0 unspecified atom stereocenters. The normalized spacial score (nSPS) is 10.8. The molecule has 0 spiro atoms. The molecule has 0 aliphatic rings. The quantitative estimate of drug-likeness (QED) is 0.338. The largest absolute Gasteiger partial charge is 0.348 e. The Morgan fingerprint density at radius 3 is 2.21 bits per heavy atom. The van der Waals surface area contributed by atoms with Crippen LogP contribution in [0.4, 0.5) is 0 Å². The Kier molecular flexibility index (Phi) is 9.18. The molecule has 4 heteroatoms. The summed E-state index contributed by atoms with van der Waals surface area (Å²) in [6.45, 7) is 2.26. The van der Waals surface area contributed by atoms with Crippen LogP contribution in [-0.4, -0.2) is 14.2 Å². The summed E-state index contributed by atoms with van der Waals surface area (Å²) in [5.41, 5.74) is 0.796. The van der Waals surface area contributed by atoms with Gasteiger partial charge in [0.05, 0.1) is 4.20 Å². The molecule has 0 atom stereocenters. The number of thiocarbonyl (C=S) groups is 1. The van der Waals surface area contributed by atoms with Gasteiger partial charge in [0.15, 0.2) is 0 Å². The summed E-state index contributed by atoms with van der Waals surface area (Å²) in [6.07, 6.45) is 15.1. The lowest BCUT2D eigenvalue weighted by molar-refractivity contribution is 0.562. The average Bonchev–Trinajstić information content (AvgIpc) is 2.86. The van der Waals surface area contributed by atoms with Crippen molar-refractivity contribution in [2.75, 3.05) is 0 Å². The number of hydrogen-bond acceptors (Lipinski definition) is 2. The van der Waals surface area contributed by atoms with Crippen LogP contribution in [0.15, 0.2) is 6.20 Å². The lowest BCUT2D eigenvalue weighted by Gasteiger charge is -2.01. The molecule has 1 aromatic rings. The van der Waals surface area contributed by atoms with Gasteiger partial charge in [-0.15, -0.1) is 12.6 Å². The zero-order valence-electron chi connectivity index (χ0n) is 12.0. The molecule has 1 rings (SSSR count). The number of nitrogens with zero attached hydrogens (tertiary/aromatic N) is 1. The molecule has 0 fully saturated rings. The summed E-state index contributed by atoms with van der Waals surface area (Å²) in [7, 11) is 0. The molecule has 0 saturated heterocycles. The highest BCUT2D eigenvalue weighted by Crippen LogP contribution is 2.11. The van der Waals surface area contributed by atoms with E-state index < -0.39 is 0 Å². The maximum Gasteiger partial charge on any atom is 0.106 e. The zero-order valence-corrected chi connectivity index (χ0v) is 13.7. The Balaban J connectivity index is 1.97. The second-order valence-electron chi connectivity index (χ2n) is 5.12. The van der Waals surface area contributed by atoms with Crippen LogP contribution in [0.5, 0.6) is 0 Å². The molecular formula is C15H26N2S2. The van der Waals surface area contributed by atoms with Gasteiger partial charge in [0.25, 0.3) is 0 Å². The van der Waals surface area contributed by atoms with Crippen LogP contribution in [0.2, 0.25) is 0 Å². The van der Waals surface area contributed by atoms with Crippen molar-refractivity contribution in [1.82, 2.24) is 9.97 Å². The Morgan fingerprint density at radius 2 is 1.68 bits per heavy atom. The first kappa shape index (κ1) is 16.7. The first-order valence-corrected chi connectivity index (χ1v) is 8.37. The van der Waals surface area contributed by atoms with Crippen molar-refractivity contribution >= 4 is 29.0 Å². The van der Waals surface area contributed by atoms with E-state index in [1.165, 1.54) is 57.8 Å². The molecule has 1 heterocycles. The number of hydrogen-bond donors (Lipinski definition) is 2. The molecule has 1 N–H and O–H groups in total. The molecule has 0 amide bonds. The molecule has 0 aliphatic heterocycles. The van der Waals surface area contributed by atoms with Crippen molar-refractivity contribution in [3.63, 3.8) is 0 Å². The molecule has 0 aromatic carbocycles. The van der Waals surface area contributed by atoms with Crippen LogP contribution in [0.25, 0.3) is 0 Å². The van der Waals surface area contributed by atoms with Gasteiger partial charge < -0.3 is 4.98 Å². The van der Waals surface area contributed by atoms with Crippen LogP contribution < -0.4 is 0 Å². The zero-order chi connectivity index (χ0) is 13.9. The fraction of sp³-hybridized carbons (Fsp3) is 0.733. The Morgan fingerprint density at radius 1 is 1.11 bits per heavy atom. The van der Waals surface area contributed by atoms with Crippen molar-refractivity contribution in [2.24, 2.45) is 0 Å². The minimum atomic E-state index is 0.564. The lowest BCUT2D eigenvalue weighted by Crippen LogP contribution is -1.91. The third kappa shape index (κ3) is 7.73. The molecule has 0 bridgehead atoms. The van der Waals surface area contributed by atoms with Gasteiger partial charge in [0.2, 0.25) is 0 Å². The van der Waals surface area contributed by atoms with E-state index in [1.54, 1.807) is 0 Å². The van der Waals surface area contributed by atoms with Crippen LogP contribution in [0.1, 0.15) is 76.2 Å². The van der Waals surface area contributed by atoms with Crippen molar-refractivity contribution in [3.05, 3.63) is 17.7 Å². The summed E-state index contributed by atoms with van der Waals surface area (Å²) in [5.74, 6) is 1.04. The third-order valence-electron chi connectivity index (χ3n) is 3.37. The van der Waals surface area contributed by atoms with Crippen molar-refractivity contribution in [1.29, 1.82) is 0 Å². The highest BCUT2D eigenvalue weighted by molar-refractivity contribution is 8.11. The number of aryl methyl sites for hydroxylation is 1. The summed E-state index contributed by atoms with van der Waals surface area (Å²) in [6, 6.07) is 0. The number of aromatic nitrogens is 2. The Labute approximate surface area is 128 Å². The van der Waals surface area contributed by atoms with Crippen molar-refractivity contribution < 1.29 is 0 Å². The topological polar surface area (TPSA) is 28.7 Å². The fourth-order valence-electron chi connectivity index (χ4n) is 2.20. The van der Waals surface area contributed by atoms with Gasteiger partial charge in [-0.25, -0.2) is 4.98 Å². The van der Waals surface area contributed by atoms with Crippen LogP contribution >= 0.6 is 24.8 Å². The number of H-pyrrole nitrogens is 1. The SMILES string of the molecule is CCCCCCCCCCCc1nc(C(=S)S)c[nH]1. The standard InChI is InChI=1S/C15H26N2S2/c1-2-3-4-5-6-7-8-9-10-11-14-16-12-13(17-14)15(18)19/h12H,2-11H2,1H3,(H,16,17)(H,18,19). The average molecular weight is 299 g/mol. The van der Waals surface area contributed by atoms with Gasteiger partial charge in [-0.1, -0.05) is 70.5 Å². The van der Waals surface area contributed by atoms with Gasteiger partial charge in [-0.2, -0.15) is 0 Å². The van der Waals surface area contributed by atoms with Crippen molar-refractivity contribution in [2.45, 2.75) is 71.1 Å². The van der Waals surface area contributed by atoms with Gasteiger partial charge in [-0.05, 0) is 6.42 Å². The van der Waals surface area contributed by atoms with Crippen LogP contribution in [-0.2, 0) is 6.42 Å². The van der Waals surface area contributed by atoms with E-state index in [-0.39, 0.29) is 0 Å². The van der Waals surface area contributed by atoms with Gasteiger partial charge in [0.1, 0.15) is 11.5 Å². The number of rotatable bonds is 11. The molecule has 1 aromatic heterocycles. The van der Waals surface area contributed by atoms with Crippen LogP contribution in [0.3, 0.4) is 0 Å². The Hall–Kier alpha value is -0.350. The van der Waals surface area contributed by atoms with Gasteiger partial charge >= 0.3 is 0 Å². The van der Waals surface area contributed by atoms with E-state index in [9.17, 15) is 0 Å². The minimum absolute atomic E-state index is 0.564. The monoisotopic (exact) mass is 298 g/mol. The minimum Gasteiger partial charge on any atom is -0.348 e. The van der Waals surface area contributed by atoms with E-state index in [0.29, 0.717) is 4.20 Å². The van der Waals surface area contributed by atoms with Gasteiger partial charge in [0, 0.05) is 12.6 Å². The highest BCUT2D eigenvalue weighted by atomic mass is 32.1. The molecule has 0 saturated carbocycles. The summed E-state index contributed by atoms with van der Waals surface area (Å²) in [4.78, 5) is 7.57. The maximum absolute atomic E-state index is 4.97. The van der Waals surface area contributed by atoms with Crippen LogP contribution in [0, 0.1) is 0 Å². The van der Waals surface area contributed by atoms with E-state index >= 15 is 0 Å². The fourth-order valence-corrected chi connectivity index (χ4v) is 2.42. The third-order valence-corrected chi connectivity index (χ3v) is 3.81. The number of aromatic amines is 1. The molecule has 0 aliphatic carbocycles. The maximum atomic E-state index is 4.97. The molecule has 108 valence electrons. The van der Waals surface area contributed by atoms with Crippen molar-refractivity contribution in [3.8, 4) is 0 Å². The van der Waals surface area contributed by atoms with E-state index in [4.69, 9.17) is 12.2 Å². The second kappa shape index (κ2) is 10.4. The first-order chi connectivity index (χ1) is 9.24. The lowest BCUT2D eigenvalue weighted by atomic mass is 10.1. The first-order valence-electron chi connectivity index (χ1n) is 7.51. The molecular weight excluding hydrogens is 272 g/mol. The molecule has 0 radical (unpaired) electrons. The predicted molar refractivity (Wildman–Crippen MR) is 90.2 cm³/mol. The summed E-state index contributed by atoms with van der Waals surface area (Å²) in [5, 5.41) is 0. The van der Waals surface area contributed by atoms with E-state index in [0.717, 1.165) is 17.9 Å². The number of nitrogens with one attached hydrogen (secondary N) is 1. The number of thiol groups is 1. The summed E-state index contributed by atoms with van der Waals surface area (Å²) < 4.78 is 0.564. The molecule has 2 nitrogen and oxygen atoms in total. The highest BCUT2D eigenvalue weighted by Gasteiger charge is 2.02. The predicted octanol–water partition coefficient (Wildman–Crippen LogP) is 5.09. The van der Waals surface area contributed by atoms with E-state index in [2.05, 4.69) is 29.5 Å². The number of imidazole rings is 1. The van der Waals surface area contributed by atoms with E-state index in [1.807, 2.05) is 6.20 Å². The second-order valence-corrected chi connectivity index (χ2v) is 6.27. The van der Waals surface area contributed by atoms with Gasteiger partial charge in [-0.3, -0.25) is 0 Å². The smallest absolute Gasteiger partial charge is 0.106 e. The molecule has 19 heavy (non-hydrogen) atoms. The Bertz CT molecular complexity index is 361.